The quantitative estimate of drug-likeness (QED) is 0.623. The van der Waals surface area contributed by atoms with Crippen molar-refractivity contribution in [3.63, 3.8) is 0 Å². The lowest BCUT2D eigenvalue weighted by atomic mass is 9.98. The zero-order valence-corrected chi connectivity index (χ0v) is 16.0. The van der Waals surface area contributed by atoms with Crippen molar-refractivity contribution >= 4 is 50.0 Å². The van der Waals surface area contributed by atoms with Gasteiger partial charge in [0.1, 0.15) is 5.69 Å². The summed E-state index contributed by atoms with van der Waals surface area (Å²) in [6, 6.07) is 13.6. The fourth-order valence-electron chi connectivity index (χ4n) is 3.47. The van der Waals surface area contributed by atoms with E-state index >= 15 is 0 Å². The maximum Gasteiger partial charge on any atom is 0.269 e. The minimum Gasteiger partial charge on any atom is -0.385 e. The van der Waals surface area contributed by atoms with Crippen LogP contribution < -0.4 is 10.6 Å². The number of para-hydroxylation sites is 1. The van der Waals surface area contributed by atoms with Crippen LogP contribution in [0.2, 0.25) is 5.02 Å². The number of carbonyl (C=O) groups is 1. The molecular formula is C19H17BrClN3O. The number of benzene rings is 2. The van der Waals surface area contributed by atoms with Gasteiger partial charge in [-0.2, -0.15) is 0 Å². The summed E-state index contributed by atoms with van der Waals surface area (Å²) in [5.74, 6) is -0.0941. The first-order valence-electron chi connectivity index (χ1n) is 8.13. The van der Waals surface area contributed by atoms with Crippen LogP contribution in [0.3, 0.4) is 0 Å². The van der Waals surface area contributed by atoms with Gasteiger partial charge in [-0.05, 0) is 52.2 Å². The summed E-state index contributed by atoms with van der Waals surface area (Å²) in [7, 11) is 1.91. The van der Waals surface area contributed by atoms with Crippen LogP contribution in [-0.4, -0.2) is 17.0 Å². The molecule has 4 nitrogen and oxygen atoms in total. The van der Waals surface area contributed by atoms with Gasteiger partial charge in [0.2, 0.25) is 0 Å². The van der Waals surface area contributed by atoms with Gasteiger partial charge < -0.3 is 15.2 Å². The van der Waals surface area contributed by atoms with E-state index < -0.39 is 0 Å². The normalized spacial score (nSPS) is 16.4. The van der Waals surface area contributed by atoms with Crippen molar-refractivity contribution in [2.24, 2.45) is 7.05 Å². The number of amides is 1. The minimum atomic E-state index is -0.0941. The van der Waals surface area contributed by atoms with Crippen LogP contribution in [-0.2, 0) is 7.05 Å². The van der Waals surface area contributed by atoms with E-state index in [-0.39, 0.29) is 11.9 Å². The predicted molar refractivity (Wildman–Crippen MR) is 105 cm³/mol. The Morgan fingerprint density at radius 2 is 2.12 bits per heavy atom. The Morgan fingerprint density at radius 1 is 1.32 bits per heavy atom. The third-order valence-electron chi connectivity index (χ3n) is 4.70. The second-order valence-corrected chi connectivity index (χ2v) is 7.44. The van der Waals surface area contributed by atoms with Crippen molar-refractivity contribution in [3.8, 4) is 0 Å². The summed E-state index contributed by atoms with van der Waals surface area (Å²) in [5.41, 5.74) is 3.70. The molecule has 6 heteroatoms. The van der Waals surface area contributed by atoms with Crippen molar-refractivity contribution in [1.82, 2.24) is 9.88 Å². The number of hydrogen-bond acceptors (Lipinski definition) is 2. The first kappa shape index (κ1) is 16.5. The Balaban J connectivity index is 1.69. The molecule has 0 saturated heterocycles. The Hall–Kier alpha value is -1.98. The summed E-state index contributed by atoms with van der Waals surface area (Å²) >= 11 is 9.74. The molecule has 4 rings (SSSR count). The lowest BCUT2D eigenvalue weighted by molar-refractivity contribution is 0.0926. The van der Waals surface area contributed by atoms with Gasteiger partial charge in [-0.1, -0.05) is 29.8 Å². The zero-order chi connectivity index (χ0) is 17.6. The topological polar surface area (TPSA) is 46.1 Å². The smallest absolute Gasteiger partial charge is 0.269 e. The molecule has 0 aliphatic carbocycles. The molecule has 25 heavy (non-hydrogen) atoms. The van der Waals surface area contributed by atoms with Gasteiger partial charge in [0.05, 0.1) is 10.5 Å². The van der Waals surface area contributed by atoms with Gasteiger partial charge in [-0.3, -0.25) is 4.79 Å². The molecule has 1 aliphatic heterocycles. The molecule has 1 amide bonds. The minimum absolute atomic E-state index is 0.0626. The standard InChI is InChI=1S/C19H17BrClN3O/c1-24-16-5-3-2-4-12(16)17(20)18(24)19(25)23-15-8-9-22-14-7-6-11(21)10-13(14)15/h2-7,10,15,22H,8-9H2,1H3,(H,23,25). The Kier molecular flexibility index (Phi) is 4.21. The molecule has 0 saturated carbocycles. The molecule has 1 atom stereocenters. The van der Waals surface area contributed by atoms with E-state index in [4.69, 9.17) is 11.6 Å². The molecule has 0 spiro atoms. The highest BCUT2D eigenvalue weighted by Crippen LogP contribution is 2.34. The Labute approximate surface area is 159 Å². The third-order valence-corrected chi connectivity index (χ3v) is 5.74. The van der Waals surface area contributed by atoms with Gasteiger partial charge in [0.25, 0.3) is 5.91 Å². The van der Waals surface area contributed by atoms with Crippen molar-refractivity contribution in [2.75, 3.05) is 11.9 Å². The highest BCUT2D eigenvalue weighted by molar-refractivity contribution is 9.10. The monoisotopic (exact) mass is 417 g/mol. The van der Waals surface area contributed by atoms with E-state index in [0.717, 1.165) is 39.6 Å². The highest BCUT2D eigenvalue weighted by Gasteiger charge is 2.25. The van der Waals surface area contributed by atoms with Crippen molar-refractivity contribution in [3.05, 3.63) is 63.2 Å². The number of rotatable bonds is 2. The van der Waals surface area contributed by atoms with Crippen molar-refractivity contribution in [1.29, 1.82) is 0 Å². The fraction of sp³-hybridized carbons (Fsp3) is 0.211. The number of anilines is 1. The molecular weight excluding hydrogens is 402 g/mol. The van der Waals surface area contributed by atoms with Gasteiger partial charge in [-0.25, -0.2) is 0 Å². The average Bonchev–Trinajstić information content (AvgIpc) is 2.87. The molecule has 2 N–H and O–H groups in total. The van der Waals surface area contributed by atoms with Gasteiger partial charge in [-0.15, -0.1) is 0 Å². The summed E-state index contributed by atoms with van der Waals surface area (Å²) in [6.07, 6.45) is 0.820. The van der Waals surface area contributed by atoms with E-state index in [1.165, 1.54) is 0 Å². The van der Waals surface area contributed by atoms with E-state index in [1.54, 1.807) is 0 Å². The van der Waals surface area contributed by atoms with E-state index in [1.807, 2.05) is 54.1 Å². The van der Waals surface area contributed by atoms with Crippen LogP contribution >= 0.6 is 27.5 Å². The fourth-order valence-corrected chi connectivity index (χ4v) is 4.43. The molecule has 1 aliphatic rings. The number of aryl methyl sites for hydroxylation is 1. The largest absolute Gasteiger partial charge is 0.385 e. The number of halogens is 2. The number of nitrogens with one attached hydrogen (secondary N) is 2. The predicted octanol–water partition coefficient (Wildman–Crippen LogP) is 4.88. The van der Waals surface area contributed by atoms with Crippen LogP contribution in [0.4, 0.5) is 5.69 Å². The number of fused-ring (bicyclic) bond motifs is 2. The molecule has 0 bridgehead atoms. The zero-order valence-electron chi connectivity index (χ0n) is 13.6. The highest BCUT2D eigenvalue weighted by atomic mass is 79.9. The number of hydrogen-bond donors (Lipinski definition) is 2. The number of nitrogens with zero attached hydrogens (tertiary/aromatic N) is 1. The number of carbonyl (C=O) groups excluding carboxylic acids is 1. The molecule has 2 heterocycles. The van der Waals surface area contributed by atoms with E-state index in [0.29, 0.717) is 10.7 Å². The third kappa shape index (κ3) is 2.81. The Morgan fingerprint density at radius 3 is 2.92 bits per heavy atom. The van der Waals surface area contributed by atoms with Crippen LogP contribution in [0, 0.1) is 0 Å². The summed E-state index contributed by atoms with van der Waals surface area (Å²) in [6.45, 7) is 0.815. The van der Waals surface area contributed by atoms with Crippen LogP contribution in [0.5, 0.6) is 0 Å². The maximum absolute atomic E-state index is 13.0. The van der Waals surface area contributed by atoms with Crippen LogP contribution in [0.1, 0.15) is 28.5 Å². The lowest BCUT2D eigenvalue weighted by Gasteiger charge is -2.27. The lowest BCUT2D eigenvalue weighted by Crippen LogP contribution is -2.34. The molecule has 1 unspecified atom stereocenters. The van der Waals surface area contributed by atoms with Gasteiger partial charge in [0, 0.05) is 35.2 Å². The molecule has 3 aromatic rings. The summed E-state index contributed by atoms with van der Waals surface area (Å²) in [4.78, 5) is 13.0. The second-order valence-electron chi connectivity index (χ2n) is 6.21. The molecule has 1 aromatic heterocycles. The first-order valence-corrected chi connectivity index (χ1v) is 9.30. The molecule has 0 radical (unpaired) electrons. The molecule has 2 aromatic carbocycles. The average molecular weight is 419 g/mol. The van der Waals surface area contributed by atoms with Crippen LogP contribution in [0.25, 0.3) is 10.9 Å². The van der Waals surface area contributed by atoms with E-state index in [2.05, 4.69) is 26.6 Å². The Bertz CT molecular complexity index is 943. The van der Waals surface area contributed by atoms with Crippen molar-refractivity contribution < 1.29 is 4.79 Å². The summed E-state index contributed by atoms with van der Waals surface area (Å²) in [5, 5.41) is 8.23. The first-order chi connectivity index (χ1) is 12.1. The van der Waals surface area contributed by atoms with Gasteiger partial charge in [0.15, 0.2) is 0 Å². The van der Waals surface area contributed by atoms with E-state index in [9.17, 15) is 4.79 Å². The molecule has 128 valence electrons. The SMILES string of the molecule is Cn1c(C(=O)NC2CCNc3ccc(Cl)cc32)c(Br)c2ccccc21. The van der Waals surface area contributed by atoms with Crippen LogP contribution in [0.15, 0.2) is 46.9 Å². The maximum atomic E-state index is 13.0. The van der Waals surface area contributed by atoms with Gasteiger partial charge >= 0.3 is 0 Å². The second kappa shape index (κ2) is 6.39. The van der Waals surface area contributed by atoms with Crippen molar-refractivity contribution in [2.45, 2.75) is 12.5 Å². The summed E-state index contributed by atoms with van der Waals surface area (Å²) < 4.78 is 2.75. The molecule has 0 fully saturated rings. The number of aromatic nitrogens is 1.